The van der Waals surface area contributed by atoms with Gasteiger partial charge in [-0.05, 0) is 18.4 Å². The molecule has 0 aromatic heterocycles. The summed E-state index contributed by atoms with van der Waals surface area (Å²) in [6.07, 6.45) is 1.92. The van der Waals surface area contributed by atoms with Gasteiger partial charge in [-0.25, -0.2) is 5.14 Å². The maximum absolute atomic E-state index is 12.4. The van der Waals surface area contributed by atoms with Crippen molar-refractivity contribution < 1.29 is 13.2 Å². The number of nitrogens with two attached hydrogens (primary N) is 1. The third-order valence-corrected chi connectivity index (χ3v) is 5.10. The van der Waals surface area contributed by atoms with Crippen LogP contribution in [0.5, 0.6) is 0 Å². The normalized spacial score (nSPS) is 17.2. The van der Waals surface area contributed by atoms with E-state index in [9.17, 15) is 13.2 Å². The van der Waals surface area contributed by atoms with Gasteiger partial charge in [-0.15, -0.1) is 11.8 Å². The molecule has 1 amide bonds. The predicted octanol–water partition coefficient (Wildman–Crippen LogP) is 0.370. The van der Waals surface area contributed by atoms with E-state index < -0.39 is 10.2 Å². The van der Waals surface area contributed by atoms with Gasteiger partial charge >= 0.3 is 0 Å². The van der Waals surface area contributed by atoms with E-state index in [2.05, 4.69) is 0 Å². The summed E-state index contributed by atoms with van der Waals surface area (Å²) >= 11 is 1.52. The molecule has 2 rings (SSSR count). The van der Waals surface area contributed by atoms with E-state index in [-0.39, 0.29) is 19.0 Å². The summed E-state index contributed by atoms with van der Waals surface area (Å²) in [5.74, 6) is -0.0657. The molecule has 0 spiro atoms. The molecule has 0 saturated carbocycles. The van der Waals surface area contributed by atoms with Crippen molar-refractivity contribution in [3.05, 3.63) is 29.8 Å². The topological polar surface area (TPSA) is 83.7 Å². The molecule has 0 atom stereocenters. The predicted molar refractivity (Wildman–Crippen MR) is 78.8 cm³/mol. The molecule has 1 aliphatic rings. The van der Waals surface area contributed by atoms with Crippen molar-refractivity contribution in [2.24, 2.45) is 5.14 Å². The molecule has 20 heavy (non-hydrogen) atoms. The number of amides is 1. The SMILES string of the molecule is CSc1ccccc1C(=O)N1CCN(S(N)(=O)=O)CC1. The maximum Gasteiger partial charge on any atom is 0.277 e. The Kier molecular flexibility index (Phi) is 4.69. The second-order valence-electron chi connectivity index (χ2n) is 4.44. The summed E-state index contributed by atoms with van der Waals surface area (Å²) in [6.45, 7) is 1.20. The summed E-state index contributed by atoms with van der Waals surface area (Å²) < 4.78 is 23.7. The lowest BCUT2D eigenvalue weighted by Crippen LogP contribution is -2.52. The van der Waals surface area contributed by atoms with Crippen molar-refractivity contribution in [1.29, 1.82) is 0 Å². The van der Waals surface area contributed by atoms with Crippen molar-refractivity contribution in [2.45, 2.75) is 4.90 Å². The van der Waals surface area contributed by atoms with Gasteiger partial charge < -0.3 is 4.90 Å². The number of carbonyl (C=O) groups is 1. The highest BCUT2D eigenvalue weighted by Crippen LogP contribution is 2.22. The van der Waals surface area contributed by atoms with Crippen molar-refractivity contribution in [1.82, 2.24) is 9.21 Å². The molecule has 1 aromatic carbocycles. The molecule has 1 saturated heterocycles. The molecule has 1 fully saturated rings. The lowest BCUT2D eigenvalue weighted by atomic mass is 10.2. The quantitative estimate of drug-likeness (QED) is 0.817. The number of hydrogen-bond donors (Lipinski definition) is 1. The molecule has 2 N–H and O–H groups in total. The van der Waals surface area contributed by atoms with Gasteiger partial charge in [0, 0.05) is 31.1 Å². The highest BCUT2D eigenvalue weighted by molar-refractivity contribution is 7.98. The number of hydrogen-bond acceptors (Lipinski definition) is 4. The van der Waals surface area contributed by atoms with Gasteiger partial charge in [0.1, 0.15) is 0 Å². The molecule has 6 nitrogen and oxygen atoms in total. The zero-order valence-electron chi connectivity index (χ0n) is 11.2. The van der Waals surface area contributed by atoms with Crippen LogP contribution in [0.15, 0.2) is 29.2 Å². The second-order valence-corrected chi connectivity index (χ2v) is 6.83. The second kappa shape index (κ2) is 6.13. The molecule has 110 valence electrons. The van der Waals surface area contributed by atoms with Crippen molar-refractivity contribution >= 4 is 27.9 Å². The lowest BCUT2D eigenvalue weighted by Gasteiger charge is -2.33. The number of rotatable bonds is 3. The number of piperazine rings is 1. The van der Waals surface area contributed by atoms with Crippen molar-refractivity contribution in [2.75, 3.05) is 32.4 Å². The zero-order chi connectivity index (χ0) is 14.8. The molecule has 0 aliphatic carbocycles. The molecule has 0 bridgehead atoms. The zero-order valence-corrected chi connectivity index (χ0v) is 12.8. The van der Waals surface area contributed by atoms with E-state index in [0.717, 1.165) is 4.90 Å². The molecular weight excluding hydrogens is 298 g/mol. The first-order valence-electron chi connectivity index (χ1n) is 6.13. The molecule has 1 heterocycles. The van der Waals surface area contributed by atoms with Gasteiger partial charge in [-0.2, -0.15) is 12.7 Å². The van der Waals surface area contributed by atoms with Gasteiger partial charge in [0.05, 0.1) is 5.56 Å². The standard InChI is InChI=1S/C12H17N3O3S2/c1-19-11-5-3-2-4-10(11)12(16)14-6-8-15(9-7-14)20(13,17)18/h2-5H,6-9H2,1H3,(H2,13,17,18). The number of nitrogens with zero attached hydrogens (tertiary/aromatic N) is 2. The van der Waals surface area contributed by atoms with Crippen LogP contribution in [0.2, 0.25) is 0 Å². The van der Waals surface area contributed by atoms with Crippen LogP contribution >= 0.6 is 11.8 Å². The largest absolute Gasteiger partial charge is 0.336 e. The minimum Gasteiger partial charge on any atom is -0.336 e. The molecule has 1 aromatic rings. The third-order valence-electron chi connectivity index (χ3n) is 3.22. The molecule has 8 heteroatoms. The summed E-state index contributed by atoms with van der Waals surface area (Å²) in [4.78, 5) is 15.0. The van der Waals surface area contributed by atoms with Crippen LogP contribution in [-0.4, -0.2) is 56.0 Å². The summed E-state index contributed by atoms with van der Waals surface area (Å²) in [6, 6.07) is 7.41. The molecule has 1 aliphatic heterocycles. The minimum atomic E-state index is -3.66. The smallest absolute Gasteiger partial charge is 0.277 e. The Morgan fingerprint density at radius 2 is 1.80 bits per heavy atom. The van der Waals surface area contributed by atoms with Gasteiger partial charge in [-0.1, -0.05) is 12.1 Å². The van der Waals surface area contributed by atoms with Gasteiger partial charge in [0.2, 0.25) is 0 Å². The lowest BCUT2D eigenvalue weighted by molar-refractivity contribution is 0.0694. The molecule has 0 unspecified atom stereocenters. The van der Waals surface area contributed by atoms with Crippen LogP contribution in [0.4, 0.5) is 0 Å². The van der Waals surface area contributed by atoms with Gasteiger partial charge in [0.15, 0.2) is 0 Å². The van der Waals surface area contributed by atoms with Crippen molar-refractivity contribution in [3.8, 4) is 0 Å². The molecular formula is C12H17N3O3S2. The van der Waals surface area contributed by atoms with E-state index in [1.807, 2.05) is 24.5 Å². The summed E-state index contributed by atoms with van der Waals surface area (Å²) in [5.41, 5.74) is 0.657. The highest BCUT2D eigenvalue weighted by Gasteiger charge is 2.27. The van der Waals surface area contributed by atoms with Gasteiger partial charge in [-0.3, -0.25) is 4.79 Å². The monoisotopic (exact) mass is 315 g/mol. The Hall–Kier alpha value is -1.09. The van der Waals surface area contributed by atoms with Crippen LogP contribution in [0.3, 0.4) is 0 Å². The Balaban J connectivity index is 2.09. The van der Waals surface area contributed by atoms with Crippen molar-refractivity contribution in [3.63, 3.8) is 0 Å². The average Bonchev–Trinajstić information content (AvgIpc) is 2.45. The average molecular weight is 315 g/mol. The number of carbonyl (C=O) groups excluding carboxylic acids is 1. The number of thioether (sulfide) groups is 1. The summed E-state index contributed by atoms with van der Waals surface area (Å²) in [7, 11) is -3.66. The van der Waals surface area contributed by atoms with Crippen LogP contribution in [0.1, 0.15) is 10.4 Å². The minimum absolute atomic E-state index is 0.0657. The van der Waals surface area contributed by atoms with E-state index in [4.69, 9.17) is 5.14 Å². The van der Waals surface area contributed by atoms with Crippen LogP contribution in [0, 0.1) is 0 Å². The number of benzene rings is 1. The third kappa shape index (κ3) is 3.32. The van der Waals surface area contributed by atoms with E-state index >= 15 is 0 Å². The molecule has 0 radical (unpaired) electrons. The Morgan fingerprint density at radius 1 is 1.20 bits per heavy atom. The van der Waals surface area contributed by atoms with Gasteiger partial charge in [0.25, 0.3) is 16.1 Å². The Labute approximate surface area is 123 Å². The Bertz CT molecular complexity index is 596. The highest BCUT2D eigenvalue weighted by atomic mass is 32.2. The van der Waals surface area contributed by atoms with Crippen LogP contribution in [-0.2, 0) is 10.2 Å². The first kappa shape index (κ1) is 15.3. The first-order valence-corrected chi connectivity index (χ1v) is 8.86. The first-order chi connectivity index (χ1) is 9.43. The summed E-state index contributed by atoms with van der Waals surface area (Å²) in [5, 5.41) is 5.08. The maximum atomic E-state index is 12.4. The van der Waals surface area contributed by atoms with Crippen LogP contribution < -0.4 is 5.14 Å². The van der Waals surface area contributed by atoms with E-state index in [0.29, 0.717) is 18.7 Å². The van der Waals surface area contributed by atoms with E-state index in [1.165, 1.54) is 16.1 Å². The Morgan fingerprint density at radius 3 is 2.35 bits per heavy atom. The fourth-order valence-electron chi connectivity index (χ4n) is 2.14. The van der Waals surface area contributed by atoms with Crippen LogP contribution in [0.25, 0.3) is 0 Å². The fourth-order valence-corrected chi connectivity index (χ4v) is 3.40. The fraction of sp³-hybridized carbons (Fsp3) is 0.417. The van der Waals surface area contributed by atoms with E-state index in [1.54, 1.807) is 11.0 Å².